The number of rotatable bonds is 8. The molecule has 0 aromatic carbocycles. The molecule has 4 bridgehead atoms. The van der Waals surface area contributed by atoms with Gasteiger partial charge in [-0.2, -0.15) is 0 Å². The third kappa shape index (κ3) is 3.92. The Hall–Kier alpha value is -2.15. The molecule has 6 nitrogen and oxygen atoms in total. The van der Waals surface area contributed by atoms with Crippen molar-refractivity contribution in [1.82, 2.24) is 25.1 Å². The van der Waals surface area contributed by atoms with E-state index in [1.54, 1.807) is 12.4 Å². The Kier molecular flexibility index (Phi) is 5.39. The van der Waals surface area contributed by atoms with Crippen LogP contribution in [-0.4, -0.2) is 38.0 Å². The zero-order valence-electron chi connectivity index (χ0n) is 17.3. The van der Waals surface area contributed by atoms with Crippen LogP contribution in [0.1, 0.15) is 38.5 Å². The Labute approximate surface area is 182 Å². The maximum Gasteiger partial charge on any atom is 0.230 e. The summed E-state index contributed by atoms with van der Waals surface area (Å²) in [6, 6.07) is 3.83. The van der Waals surface area contributed by atoms with Gasteiger partial charge < -0.3 is 5.32 Å². The van der Waals surface area contributed by atoms with E-state index < -0.39 is 0 Å². The second-order valence-electron chi connectivity index (χ2n) is 9.42. The van der Waals surface area contributed by atoms with Crippen LogP contribution in [0.2, 0.25) is 0 Å². The summed E-state index contributed by atoms with van der Waals surface area (Å²) in [7, 11) is 0. The lowest BCUT2D eigenvalue weighted by Gasteiger charge is -2.56. The van der Waals surface area contributed by atoms with Crippen LogP contribution >= 0.6 is 11.8 Å². The lowest BCUT2D eigenvalue weighted by Crippen LogP contribution is -2.51. The molecule has 2 heterocycles. The molecule has 1 N–H and O–H groups in total. The van der Waals surface area contributed by atoms with Gasteiger partial charge >= 0.3 is 0 Å². The largest absolute Gasteiger partial charge is 0.355 e. The van der Waals surface area contributed by atoms with Crippen LogP contribution < -0.4 is 5.32 Å². The van der Waals surface area contributed by atoms with E-state index in [0.717, 1.165) is 40.8 Å². The van der Waals surface area contributed by atoms with Gasteiger partial charge in [0.05, 0.1) is 5.75 Å². The number of aromatic nitrogens is 4. The number of pyridine rings is 1. The number of carbonyl (C=O) groups excluding carboxylic acids is 1. The van der Waals surface area contributed by atoms with E-state index in [2.05, 4.69) is 27.1 Å². The van der Waals surface area contributed by atoms with Crippen molar-refractivity contribution in [2.45, 2.75) is 50.2 Å². The van der Waals surface area contributed by atoms with Crippen LogP contribution in [0, 0.1) is 23.2 Å². The van der Waals surface area contributed by atoms with Crippen LogP contribution in [0.4, 0.5) is 0 Å². The second-order valence-corrected chi connectivity index (χ2v) is 10.4. The summed E-state index contributed by atoms with van der Waals surface area (Å²) in [5.74, 6) is 3.95. The van der Waals surface area contributed by atoms with E-state index in [4.69, 9.17) is 0 Å². The lowest BCUT2D eigenvalue weighted by molar-refractivity contribution is -0.120. The average Bonchev–Trinajstić information content (AvgIpc) is 3.13. The van der Waals surface area contributed by atoms with Gasteiger partial charge in [-0.05, 0) is 73.8 Å². The van der Waals surface area contributed by atoms with Gasteiger partial charge in [0.25, 0.3) is 0 Å². The van der Waals surface area contributed by atoms with Gasteiger partial charge in [0.15, 0.2) is 11.0 Å². The van der Waals surface area contributed by atoms with Crippen molar-refractivity contribution in [1.29, 1.82) is 0 Å². The first-order valence-electron chi connectivity index (χ1n) is 11.0. The van der Waals surface area contributed by atoms with Crippen LogP contribution in [0.25, 0.3) is 11.4 Å². The Morgan fingerprint density at radius 2 is 1.83 bits per heavy atom. The number of thioether (sulfide) groups is 1. The summed E-state index contributed by atoms with van der Waals surface area (Å²) >= 11 is 1.44. The molecular formula is C23H29N5OS. The minimum atomic E-state index is 0.0920. The fraction of sp³-hybridized carbons (Fsp3) is 0.565. The maximum atomic E-state index is 12.6. The molecule has 2 aromatic heterocycles. The molecule has 0 radical (unpaired) electrons. The number of hydrogen-bond donors (Lipinski definition) is 1. The molecule has 4 aliphatic carbocycles. The molecule has 0 saturated heterocycles. The van der Waals surface area contributed by atoms with E-state index in [-0.39, 0.29) is 5.91 Å². The fourth-order valence-corrected chi connectivity index (χ4v) is 7.16. The van der Waals surface area contributed by atoms with Gasteiger partial charge in [-0.25, -0.2) is 0 Å². The van der Waals surface area contributed by atoms with E-state index in [1.165, 1.54) is 50.3 Å². The SMILES string of the molecule is C=CCn1c(SCC(=O)NCC23CC4CC(CC(C4)C2)C3)nnc1-c1ccncc1. The number of amides is 1. The summed E-state index contributed by atoms with van der Waals surface area (Å²) in [5.41, 5.74) is 1.32. The molecule has 4 fully saturated rings. The molecule has 0 aliphatic heterocycles. The summed E-state index contributed by atoms with van der Waals surface area (Å²) < 4.78 is 2.00. The number of nitrogens with one attached hydrogen (secondary N) is 1. The Morgan fingerprint density at radius 3 is 2.47 bits per heavy atom. The summed E-state index contributed by atoms with van der Waals surface area (Å²) in [5, 5.41) is 12.7. The highest BCUT2D eigenvalue weighted by molar-refractivity contribution is 7.99. The maximum absolute atomic E-state index is 12.6. The standard InChI is InChI=1S/C23H29N5OS/c1-2-7-28-21(19-3-5-24-6-4-19)26-27-22(28)30-14-20(29)25-15-23-11-16-8-17(12-23)10-18(9-16)13-23/h2-6,16-18H,1,7-15H2,(H,25,29). The van der Waals surface area contributed by atoms with Crippen LogP contribution in [0.3, 0.4) is 0 Å². The van der Waals surface area contributed by atoms with Gasteiger partial charge in [0.2, 0.25) is 5.91 Å². The molecule has 0 unspecified atom stereocenters. The molecule has 0 spiro atoms. The van der Waals surface area contributed by atoms with Crippen LogP contribution in [0.5, 0.6) is 0 Å². The molecule has 0 atom stereocenters. The molecule has 2 aromatic rings. The molecule has 6 rings (SSSR count). The minimum Gasteiger partial charge on any atom is -0.355 e. The van der Waals surface area contributed by atoms with Crippen LogP contribution in [-0.2, 0) is 11.3 Å². The third-order valence-electron chi connectivity index (χ3n) is 7.13. The summed E-state index contributed by atoms with van der Waals surface area (Å²) in [6.07, 6.45) is 13.6. The summed E-state index contributed by atoms with van der Waals surface area (Å²) in [6.45, 7) is 5.29. The average molecular weight is 424 g/mol. The van der Waals surface area contributed by atoms with Crippen LogP contribution in [0.15, 0.2) is 42.3 Å². The smallest absolute Gasteiger partial charge is 0.230 e. The first-order valence-corrected chi connectivity index (χ1v) is 12.0. The van der Waals surface area contributed by atoms with Crippen molar-refractivity contribution >= 4 is 17.7 Å². The zero-order valence-corrected chi connectivity index (χ0v) is 18.1. The molecular weight excluding hydrogens is 394 g/mol. The minimum absolute atomic E-state index is 0.0920. The highest BCUT2D eigenvalue weighted by Gasteiger charge is 2.50. The third-order valence-corrected chi connectivity index (χ3v) is 8.09. The van der Waals surface area contributed by atoms with Crippen molar-refractivity contribution in [3.8, 4) is 11.4 Å². The Bertz CT molecular complexity index is 890. The predicted octanol–water partition coefficient (Wildman–Crippen LogP) is 3.95. The van der Waals surface area contributed by atoms with Gasteiger partial charge in [-0.15, -0.1) is 16.8 Å². The van der Waals surface area contributed by atoms with Crippen molar-refractivity contribution in [3.05, 3.63) is 37.2 Å². The molecule has 158 valence electrons. The van der Waals surface area contributed by atoms with Crippen molar-refractivity contribution in [2.75, 3.05) is 12.3 Å². The number of carbonyl (C=O) groups is 1. The fourth-order valence-electron chi connectivity index (χ4n) is 6.38. The van der Waals surface area contributed by atoms with Gasteiger partial charge in [0, 0.05) is 31.0 Å². The molecule has 7 heteroatoms. The van der Waals surface area contributed by atoms with E-state index in [0.29, 0.717) is 17.7 Å². The molecule has 30 heavy (non-hydrogen) atoms. The van der Waals surface area contributed by atoms with Gasteiger partial charge in [-0.3, -0.25) is 14.3 Å². The quantitative estimate of drug-likeness (QED) is 0.514. The number of allylic oxidation sites excluding steroid dienone is 1. The normalized spacial score (nSPS) is 29.1. The summed E-state index contributed by atoms with van der Waals surface area (Å²) in [4.78, 5) is 16.7. The first kappa shape index (κ1) is 19.8. The monoisotopic (exact) mass is 423 g/mol. The van der Waals surface area contributed by atoms with E-state index >= 15 is 0 Å². The second kappa shape index (κ2) is 8.17. The molecule has 1 amide bonds. The lowest BCUT2D eigenvalue weighted by atomic mass is 9.49. The first-order chi connectivity index (χ1) is 14.6. The van der Waals surface area contributed by atoms with Crippen molar-refractivity contribution < 1.29 is 4.79 Å². The number of nitrogens with zero attached hydrogens (tertiary/aromatic N) is 4. The highest BCUT2D eigenvalue weighted by Crippen LogP contribution is 2.59. The number of hydrogen-bond acceptors (Lipinski definition) is 5. The molecule has 4 aliphatic rings. The Morgan fingerprint density at radius 1 is 1.17 bits per heavy atom. The molecule has 4 saturated carbocycles. The van der Waals surface area contributed by atoms with Gasteiger partial charge in [0.1, 0.15) is 0 Å². The van der Waals surface area contributed by atoms with Gasteiger partial charge in [-0.1, -0.05) is 17.8 Å². The van der Waals surface area contributed by atoms with Crippen molar-refractivity contribution in [2.24, 2.45) is 23.2 Å². The predicted molar refractivity (Wildman–Crippen MR) is 118 cm³/mol. The van der Waals surface area contributed by atoms with E-state index in [9.17, 15) is 4.79 Å². The zero-order chi connectivity index (χ0) is 20.6. The highest BCUT2D eigenvalue weighted by atomic mass is 32.2. The Balaban J connectivity index is 1.20. The van der Waals surface area contributed by atoms with E-state index in [1.807, 2.05) is 22.8 Å². The topological polar surface area (TPSA) is 72.7 Å². The van der Waals surface area contributed by atoms with Crippen molar-refractivity contribution in [3.63, 3.8) is 0 Å².